The summed E-state index contributed by atoms with van der Waals surface area (Å²) in [6.45, 7) is -0.178. The van der Waals surface area contributed by atoms with Crippen molar-refractivity contribution in [2.45, 2.75) is 6.18 Å². The molecule has 0 unspecified atom stereocenters. The molecular formula is C13H12F3IN4O. The van der Waals surface area contributed by atoms with Crippen molar-refractivity contribution < 1.29 is 18.3 Å². The first-order valence-corrected chi connectivity index (χ1v) is 7.30. The second kappa shape index (κ2) is 7.09. The van der Waals surface area contributed by atoms with Crippen LogP contribution in [0.25, 0.3) is 0 Å². The smallest absolute Gasteiger partial charge is 0.395 e. The molecule has 2 aromatic rings. The average molecular weight is 424 g/mol. The van der Waals surface area contributed by atoms with E-state index in [0.717, 1.165) is 9.64 Å². The molecule has 0 saturated heterocycles. The molecule has 9 heteroatoms. The van der Waals surface area contributed by atoms with E-state index in [4.69, 9.17) is 5.11 Å². The predicted octanol–water partition coefficient (Wildman–Crippen LogP) is 3.25. The number of nitrogens with zero attached hydrogens (tertiary/aromatic N) is 2. The third kappa shape index (κ3) is 4.44. The van der Waals surface area contributed by atoms with Gasteiger partial charge in [-0.1, -0.05) is 12.1 Å². The quantitative estimate of drug-likeness (QED) is 0.644. The van der Waals surface area contributed by atoms with E-state index in [1.165, 1.54) is 0 Å². The summed E-state index contributed by atoms with van der Waals surface area (Å²) in [5.74, 6) is -0.177. The molecule has 1 heterocycles. The third-order valence-corrected chi connectivity index (χ3v) is 3.49. The molecule has 2 rings (SSSR count). The van der Waals surface area contributed by atoms with E-state index in [2.05, 4.69) is 43.2 Å². The van der Waals surface area contributed by atoms with Gasteiger partial charge >= 0.3 is 6.18 Å². The van der Waals surface area contributed by atoms with Crippen molar-refractivity contribution >= 4 is 40.0 Å². The van der Waals surface area contributed by atoms with E-state index in [0.29, 0.717) is 5.69 Å². The summed E-state index contributed by atoms with van der Waals surface area (Å²) in [6.07, 6.45) is -4.58. The number of para-hydroxylation sites is 1. The fraction of sp³-hybridized carbons (Fsp3) is 0.231. The van der Waals surface area contributed by atoms with Crippen LogP contribution in [-0.4, -0.2) is 28.2 Å². The fourth-order valence-electron chi connectivity index (χ4n) is 1.60. The maximum Gasteiger partial charge on any atom is 0.433 e. The average Bonchev–Trinajstić information content (AvgIpc) is 2.46. The van der Waals surface area contributed by atoms with Crippen LogP contribution in [0.15, 0.2) is 30.3 Å². The van der Waals surface area contributed by atoms with E-state index in [1.807, 2.05) is 12.1 Å². The maximum absolute atomic E-state index is 12.9. The Bertz CT molecular complexity index is 651. The highest BCUT2D eigenvalue weighted by molar-refractivity contribution is 14.1. The standard InChI is InChI=1S/C13H12F3IN4O/c14-13(15,16)10-7-11(21-12(20-10)18-5-6-22)19-9-4-2-1-3-8(9)17/h1-4,7,22H,5-6H2,(H2,18,19,20,21). The van der Waals surface area contributed by atoms with E-state index < -0.39 is 11.9 Å². The van der Waals surface area contributed by atoms with E-state index in [1.54, 1.807) is 12.1 Å². The van der Waals surface area contributed by atoms with Crippen LogP contribution in [0.2, 0.25) is 0 Å². The van der Waals surface area contributed by atoms with E-state index in [9.17, 15) is 13.2 Å². The summed E-state index contributed by atoms with van der Waals surface area (Å²) in [4.78, 5) is 7.38. The van der Waals surface area contributed by atoms with Gasteiger partial charge in [0.1, 0.15) is 5.82 Å². The lowest BCUT2D eigenvalue weighted by Gasteiger charge is -2.13. The van der Waals surface area contributed by atoms with Crippen molar-refractivity contribution in [3.63, 3.8) is 0 Å². The van der Waals surface area contributed by atoms with Crippen molar-refractivity contribution in [1.29, 1.82) is 0 Å². The number of anilines is 3. The van der Waals surface area contributed by atoms with Crippen LogP contribution in [0.1, 0.15) is 5.69 Å². The Morgan fingerprint density at radius 1 is 1.18 bits per heavy atom. The fourth-order valence-corrected chi connectivity index (χ4v) is 2.13. The maximum atomic E-state index is 12.9. The Morgan fingerprint density at radius 2 is 1.91 bits per heavy atom. The summed E-state index contributed by atoms with van der Waals surface area (Å²) >= 11 is 2.07. The van der Waals surface area contributed by atoms with Crippen molar-refractivity contribution in [1.82, 2.24) is 9.97 Å². The van der Waals surface area contributed by atoms with Crippen LogP contribution in [0, 0.1) is 3.57 Å². The van der Waals surface area contributed by atoms with Gasteiger partial charge in [0.15, 0.2) is 5.69 Å². The van der Waals surface area contributed by atoms with Gasteiger partial charge in [-0.15, -0.1) is 0 Å². The van der Waals surface area contributed by atoms with Gasteiger partial charge in [0, 0.05) is 16.2 Å². The van der Waals surface area contributed by atoms with Crippen LogP contribution in [-0.2, 0) is 6.18 Å². The number of alkyl halides is 3. The minimum absolute atomic E-state index is 0.0203. The Hall–Kier alpha value is -1.62. The Labute approximate surface area is 138 Å². The SMILES string of the molecule is OCCNc1nc(Nc2ccccc2I)cc(C(F)(F)F)n1. The zero-order chi connectivity index (χ0) is 16.2. The molecule has 0 aliphatic carbocycles. The highest BCUT2D eigenvalue weighted by atomic mass is 127. The summed E-state index contributed by atoms with van der Waals surface area (Å²) in [7, 11) is 0. The lowest BCUT2D eigenvalue weighted by atomic mass is 10.3. The zero-order valence-electron chi connectivity index (χ0n) is 11.2. The molecule has 1 aromatic carbocycles. The van der Waals surface area contributed by atoms with Crippen molar-refractivity contribution in [3.8, 4) is 0 Å². The number of halogens is 4. The van der Waals surface area contributed by atoms with Gasteiger partial charge in [-0.25, -0.2) is 4.98 Å². The van der Waals surface area contributed by atoms with Gasteiger partial charge in [-0.2, -0.15) is 18.2 Å². The van der Waals surface area contributed by atoms with Crippen molar-refractivity contribution in [2.75, 3.05) is 23.8 Å². The number of hydrogen-bond donors (Lipinski definition) is 3. The number of aromatic nitrogens is 2. The number of aliphatic hydroxyl groups excluding tert-OH is 1. The van der Waals surface area contributed by atoms with Crippen molar-refractivity contribution in [2.24, 2.45) is 0 Å². The molecule has 0 radical (unpaired) electrons. The van der Waals surface area contributed by atoms with Gasteiger partial charge < -0.3 is 15.7 Å². The highest BCUT2D eigenvalue weighted by Crippen LogP contribution is 2.31. The van der Waals surface area contributed by atoms with Crippen LogP contribution in [0.4, 0.5) is 30.6 Å². The molecule has 118 valence electrons. The normalized spacial score (nSPS) is 11.3. The molecule has 0 atom stereocenters. The molecule has 22 heavy (non-hydrogen) atoms. The molecule has 0 spiro atoms. The predicted molar refractivity (Wildman–Crippen MR) is 85.1 cm³/mol. The first-order valence-electron chi connectivity index (χ1n) is 6.22. The third-order valence-electron chi connectivity index (χ3n) is 2.55. The second-order valence-electron chi connectivity index (χ2n) is 4.22. The minimum atomic E-state index is -4.58. The van der Waals surface area contributed by atoms with Gasteiger partial charge in [-0.3, -0.25) is 0 Å². The number of hydrogen-bond acceptors (Lipinski definition) is 5. The summed E-state index contributed by atoms with van der Waals surface area (Å²) in [5, 5.41) is 14.1. The van der Waals surface area contributed by atoms with Gasteiger partial charge in [-0.05, 0) is 34.7 Å². The first kappa shape index (κ1) is 16.7. The number of aliphatic hydroxyl groups is 1. The molecule has 5 nitrogen and oxygen atoms in total. The second-order valence-corrected chi connectivity index (χ2v) is 5.38. The summed E-state index contributed by atoms with van der Waals surface area (Å²) in [6, 6.07) is 7.98. The molecule has 0 aliphatic heterocycles. The molecule has 1 aromatic heterocycles. The van der Waals surface area contributed by atoms with Gasteiger partial charge in [0.05, 0.1) is 12.3 Å². The molecule has 0 aliphatic rings. The number of rotatable bonds is 5. The lowest BCUT2D eigenvalue weighted by Crippen LogP contribution is -2.15. The largest absolute Gasteiger partial charge is 0.433 e. The highest BCUT2D eigenvalue weighted by Gasteiger charge is 2.33. The van der Waals surface area contributed by atoms with Crippen LogP contribution >= 0.6 is 22.6 Å². The monoisotopic (exact) mass is 424 g/mol. The first-order chi connectivity index (χ1) is 10.4. The van der Waals surface area contributed by atoms with E-state index >= 15 is 0 Å². The van der Waals surface area contributed by atoms with Gasteiger partial charge in [0.25, 0.3) is 0 Å². The number of benzene rings is 1. The Kier molecular flexibility index (Phi) is 5.40. The van der Waals surface area contributed by atoms with Crippen LogP contribution in [0.5, 0.6) is 0 Å². The van der Waals surface area contributed by atoms with Gasteiger partial charge in [0.2, 0.25) is 5.95 Å². The molecule has 3 N–H and O–H groups in total. The zero-order valence-corrected chi connectivity index (χ0v) is 13.3. The van der Waals surface area contributed by atoms with Crippen LogP contribution in [0.3, 0.4) is 0 Å². The number of nitrogens with one attached hydrogen (secondary N) is 2. The van der Waals surface area contributed by atoms with E-state index in [-0.39, 0.29) is 24.9 Å². The molecule has 0 bridgehead atoms. The molecule has 0 saturated carbocycles. The molecule has 0 fully saturated rings. The molecule has 0 amide bonds. The molecular weight excluding hydrogens is 412 g/mol. The Morgan fingerprint density at radius 3 is 2.55 bits per heavy atom. The Balaban J connectivity index is 2.35. The van der Waals surface area contributed by atoms with Crippen molar-refractivity contribution in [3.05, 3.63) is 39.6 Å². The summed E-state index contributed by atoms with van der Waals surface area (Å²) in [5.41, 5.74) is -0.417. The topological polar surface area (TPSA) is 70.1 Å². The summed E-state index contributed by atoms with van der Waals surface area (Å²) < 4.78 is 39.5. The van der Waals surface area contributed by atoms with Crippen LogP contribution < -0.4 is 10.6 Å². The lowest BCUT2D eigenvalue weighted by molar-refractivity contribution is -0.141. The minimum Gasteiger partial charge on any atom is -0.395 e.